The van der Waals surface area contributed by atoms with Crippen LogP contribution in [-0.4, -0.2) is 19.9 Å². The van der Waals surface area contributed by atoms with E-state index in [4.69, 9.17) is 0 Å². The predicted molar refractivity (Wildman–Crippen MR) is 73.3 cm³/mol. The second kappa shape index (κ2) is 5.02. The summed E-state index contributed by atoms with van der Waals surface area (Å²) in [7, 11) is 0. The van der Waals surface area contributed by atoms with Crippen molar-refractivity contribution in [2.24, 2.45) is 0 Å². The molecule has 0 fully saturated rings. The third kappa shape index (κ3) is 2.25. The van der Waals surface area contributed by atoms with Crippen molar-refractivity contribution in [3.63, 3.8) is 0 Å². The maximum Gasteiger partial charge on any atom is 0.198 e. The SMILES string of the molecule is CCc1ccc(-c2n[c]ncc2-c2cnc[nH]2)cc1. The van der Waals surface area contributed by atoms with Gasteiger partial charge in [0.15, 0.2) is 6.33 Å². The van der Waals surface area contributed by atoms with Crippen LogP contribution in [0.1, 0.15) is 12.5 Å². The number of H-pyrrole nitrogens is 1. The lowest BCUT2D eigenvalue weighted by Gasteiger charge is -2.06. The van der Waals surface area contributed by atoms with E-state index in [1.165, 1.54) is 5.56 Å². The number of aryl methyl sites for hydroxylation is 1. The van der Waals surface area contributed by atoms with Crippen LogP contribution in [0.15, 0.2) is 43.0 Å². The molecule has 2 heterocycles. The first-order chi connectivity index (χ1) is 9.38. The van der Waals surface area contributed by atoms with Crippen LogP contribution in [0.2, 0.25) is 0 Å². The number of hydrogen-bond donors (Lipinski definition) is 1. The van der Waals surface area contributed by atoms with E-state index in [0.29, 0.717) is 0 Å². The number of rotatable bonds is 3. The molecule has 93 valence electrons. The summed E-state index contributed by atoms with van der Waals surface area (Å²) in [6.45, 7) is 2.14. The van der Waals surface area contributed by atoms with E-state index in [1.807, 2.05) is 0 Å². The van der Waals surface area contributed by atoms with Crippen LogP contribution in [0.4, 0.5) is 0 Å². The van der Waals surface area contributed by atoms with Gasteiger partial charge in [-0.2, -0.15) is 0 Å². The van der Waals surface area contributed by atoms with Crippen LogP contribution in [0, 0.1) is 6.33 Å². The Balaban J connectivity index is 2.09. The minimum atomic E-state index is 0.863. The zero-order valence-electron chi connectivity index (χ0n) is 10.6. The van der Waals surface area contributed by atoms with Crippen LogP contribution in [0.5, 0.6) is 0 Å². The third-order valence-electron chi connectivity index (χ3n) is 3.09. The number of imidazole rings is 1. The van der Waals surface area contributed by atoms with Gasteiger partial charge in [0, 0.05) is 17.3 Å². The monoisotopic (exact) mass is 249 g/mol. The first-order valence-electron chi connectivity index (χ1n) is 6.19. The molecule has 4 nitrogen and oxygen atoms in total. The van der Waals surface area contributed by atoms with Gasteiger partial charge in [0.1, 0.15) is 0 Å². The van der Waals surface area contributed by atoms with Crippen molar-refractivity contribution in [3.05, 3.63) is 54.9 Å². The average molecular weight is 249 g/mol. The first-order valence-corrected chi connectivity index (χ1v) is 6.19. The Morgan fingerprint density at radius 3 is 2.68 bits per heavy atom. The molecule has 0 saturated carbocycles. The summed E-state index contributed by atoms with van der Waals surface area (Å²) in [4.78, 5) is 15.4. The maximum atomic E-state index is 4.28. The van der Waals surface area contributed by atoms with Gasteiger partial charge >= 0.3 is 0 Å². The van der Waals surface area contributed by atoms with Crippen molar-refractivity contribution in [1.29, 1.82) is 0 Å². The van der Waals surface area contributed by atoms with Crippen LogP contribution in [0.3, 0.4) is 0 Å². The number of nitrogens with one attached hydrogen (secondary N) is 1. The molecule has 0 aliphatic heterocycles. The van der Waals surface area contributed by atoms with Crippen molar-refractivity contribution in [3.8, 4) is 22.5 Å². The number of aromatic nitrogens is 4. The molecule has 0 aliphatic rings. The van der Waals surface area contributed by atoms with E-state index >= 15 is 0 Å². The van der Waals surface area contributed by atoms with Crippen LogP contribution >= 0.6 is 0 Å². The normalized spacial score (nSPS) is 10.6. The lowest BCUT2D eigenvalue weighted by molar-refractivity contribution is 1.13. The molecule has 0 saturated heterocycles. The Hall–Kier alpha value is -2.49. The second-order valence-electron chi connectivity index (χ2n) is 4.25. The fourth-order valence-corrected chi connectivity index (χ4v) is 2.01. The first kappa shape index (κ1) is 11.6. The molecule has 1 aromatic carbocycles. The minimum Gasteiger partial charge on any atom is -0.345 e. The Kier molecular flexibility index (Phi) is 3.06. The average Bonchev–Trinajstić information content (AvgIpc) is 3.01. The highest BCUT2D eigenvalue weighted by Crippen LogP contribution is 2.27. The van der Waals surface area contributed by atoms with E-state index in [-0.39, 0.29) is 0 Å². The molecule has 0 atom stereocenters. The fourth-order valence-electron chi connectivity index (χ4n) is 2.01. The Morgan fingerprint density at radius 1 is 1.16 bits per heavy atom. The van der Waals surface area contributed by atoms with E-state index in [2.05, 4.69) is 57.5 Å². The highest BCUT2D eigenvalue weighted by molar-refractivity contribution is 5.77. The Bertz CT molecular complexity index is 657. The van der Waals surface area contributed by atoms with Gasteiger partial charge < -0.3 is 4.98 Å². The van der Waals surface area contributed by atoms with Crippen molar-refractivity contribution in [2.75, 3.05) is 0 Å². The summed E-state index contributed by atoms with van der Waals surface area (Å²) in [6, 6.07) is 8.39. The summed E-state index contributed by atoms with van der Waals surface area (Å²) < 4.78 is 0. The largest absolute Gasteiger partial charge is 0.345 e. The molecule has 3 aromatic rings. The Morgan fingerprint density at radius 2 is 2.00 bits per heavy atom. The van der Waals surface area contributed by atoms with Gasteiger partial charge in [0.25, 0.3) is 0 Å². The van der Waals surface area contributed by atoms with Gasteiger partial charge in [-0.25, -0.2) is 15.0 Å². The maximum absolute atomic E-state index is 4.28. The van der Waals surface area contributed by atoms with Crippen molar-refractivity contribution >= 4 is 0 Å². The molecule has 3 rings (SSSR count). The summed E-state index contributed by atoms with van der Waals surface area (Å²) in [5.41, 5.74) is 5.07. The van der Waals surface area contributed by atoms with Gasteiger partial charge in [0.2, 0.25) is 0 Å². The van der Waals surface area contributed by atoms with Crippen LogP contribution in [0.25, 0.3) is 22.5 Å². The van der Waals surface area contributed by atoms with Gasteiger partial charge in [-0.3, -0.25) is 0 Å². The zero-order chi connectivity index (χ0) is 13.1. The summed E-state index contributed by atoms with van der Waals surface area (Å²) >= 11 is 0. The summed E-state index contributed by atoms with van der Waals surface area (Å²) in [5.74, 6) is 0. The van der Waals surface area contributed by atoms with E-state index < -0.39 is 0 Å². The highest BCUT2D eigenvalue weighted by atomic mass is 14.9. The molecule has 19 heavy (non-hydrogen) atoms. The van der Waals surface area contributed by atoms with Gasteiger partial charge in [-0.15, -0.1) is 0 Å². The molecule has 2 aromatic heterocycles. The number of aromatic amines is 1. The number of hydrogen-bond acceptors (Lipinski definition) is 3. The van der Waals surface area contributed by atoms with Crippen molar-refractivity contribution in [1.82, 2.24) is 19.9 Å². The van der Waals surface area contributed by atoms with Gasteiger partial charge in [-0.1, -0.05) is 31.2 Å². The topological polar surface area (TPSA) is 54.5 Å². The quantitative estimate of drug-likeness (QED) is 0.776. The molecule has 0 amide bonds. The molecule has 4 heteroatoms. The van der Waals surface area contributed by atoms with E-state index in [9.17, 15) is 0 Å². The van der Waals surface area contributed by atoms with Crippen molar-refractivity contribution in [2.45, 2.75) is 13.3 Å². The number of nitrogens with zero attached hydrogens (tertiary/aromatic N) is 3. The standard InChI is InChI=1S/C15H13N4/c1-2-11-3-5-12(6-4-11)15-13(7-16-10-19-15)14-8-17-9-18-14/h3-9H,2H2,1H3,(H,17,18). The fraction of sp³-hybridized carbons (Fsp3) is 0.133. The van der Waals surface area contributed by atoms with E-state index in [1.54, 1.807) is 18.7 Å². The van der Waals surface area contributed by atoms with Crippen LogP contribution in [-0.2, 0) is 6.42 Å². The van der Waals surface area contributed by atoms with Gasteiger partial charge in [0.05, 0.1) is 23.9 Å². The predicted octanol–water partition coefficient (Wildman–Crippen LogP) is 2.90. The third-order valence-corrected chi connectivity index (χ3v) is 3.09. The molecule has 0 aliphatic carbocycles. The highest BCUT2D eigenvalue weighted by Gasteiger charge is 2.10. The summed E-state index contributed by atoms with van der Waals surface area (Å²) in [5, 5.41) is 0. The molecule has 0 unspecified atom stereocenters. The molecule has 0 spiro atoms. The van der Waals surface area contributed by atoms with Gasteiger partial charge in [-0.05, 0) is 12.0 Å². The lowest BCUT2D eigenvalue weighted by atomic mass is 10.0. The zero-order valence-corrected chi connectivity index (χ0v) is 10.6. The molecular weight excluding hydrogens is 236 g/mol. The van der Waals surface area contributed by atoms with Crippen LogP contribution < -0.4 is 0 Å². The number of benzene rings is 1. The molecule has 1 radical (unpaired) electrons. The van der Waals surface area contributed by atoms with Crippen molar-refractivity contribution < 1.29 is 0 Å². The van der Waals surface area contributed by atoms with E-state index in [0.717, 1.165) is 28.9 Å². The Labute approximate surface area is 111 Å². The summed E-state index contributed by atoms with van der Waals surface area (Å²) in [6.07, 6.45) is 8.86. The molecule has 0 bridgehead atoms. The smallest absolute Gasteiger partial charge is 0.198 e. The molecule has 1 N–H and O–H groups in total. The molecular formula is C15H13N4. The second-order valence-corrected chi connectivity index (χ2v) is 4.25. The lowest BCUT2D eigenvalue weighted by Crippen LogP contribution is -1.91. The minimum absolute atomic E-state index is 0.863.